The Balaban J connectivity index is 2.40. The number of sulfonamides is 1. The van der Waals surface area contributed by atoms with Crippen molar-refractivity contribution >= 4 is 21.4 Å². The van der Waals surface area contributed by atoms with Gasteiger partial charge in [0.15, 0.2) is 11.6 Å². The van der Waals surface area contributed by atoms with E-state index < -0.39 is 15.8 Å². The SMILES string of the molecule is COc1c(N)cc(S(=O)(=O)Nc2cccc(C)c2)cc1F. The third-order valence-corrected chi connectivity index (χ3v) is 4.19. The Hall–Kier alpha value is -2.28. The highest BCUT2D eigenvalue weighted by molar-refractivity contribution is 7.92. The summed E-state index contributed by atoms with van der Waals surface area (Å²) in [6, 6.07) is 8.85. The number of rotatable bonds is 4. The van der Waals surface area contributed by atoms with E-state index in [9.17, 15) is 12.8 Å². The second-order valence-electron chi connectivity index (χ2n) is 4.50. The van der Waals surface area contributed by atoms with E-state index >= 15 is 0 Å². The quantitative estimate of drug-likeness (QED) is 0.850. The Morgan fingerprint density at radius 3 is 2.52 bits per heavy atom. The van der Waals surface area contributed by atoms with Gasteiger partial charge in [-0.1, -0.05) is 12.1 Å². The highest BCUT2D eigenvalue weighted by Gasteiger charge is 2.19. The Morgan fingerprint density at radius 2 is 1.95 bits per heavy atom. The van der Waals surface area contributed by atoms with E-state index in [1.165, 1.54) is 7.11 Å². The first-order valence-corrected chi connectivity index (χ1v) is 7.54. The number of aryl methyl sites for hydroxylation is 1. The number of nitrogens with two attached hydrogens (primary N) is 1. The van der Waals surface area contributed by atoms with Gasteiger partial charge in [-0.25, -0.2) is 12.8 Å². The maximum Gasteiger partial charge on any atom is 0.262 e. The molecule has 0 aliphatic rings. The van der Waals surface area contributed by atoms with Crippen LogP contribution in [0, 0.1) is 12.7 Å². The monoisotopic (exact) mass is 310 g/mol. The summed E-state index contributed by atoms with van der Waals surface area (Å²) in [5.41, 5.74) is 6.80. The van der Waals surface area contributed by atoms with Crippen molar-refractivity contribution in [2.75, 3.05) is 17.6 Å². The van der Waals surface area contributed by atoms with Crippen molar-refractivity contribution in [3.63, 3.8) is 0 Å². The molecule has 0 unspecified atom stereocenters. The topological polar surface area (TPSA) is 81.4 Å². The molecule has 2 aromatic rings. The molecule has 3 N–H and O–H groups in total. The van der Waals surface area contributed by atoms with E-state index in [4.69, 9.17) is 10.5 Å². The number of methoxy groups -OCH3 is 1. The molecule has 21 heavy (non-hydrogen) atoms. The molecule has 2 aromatic carbocycles. The van der Waals surface area contributed by atoms with Crippen LogP contribution in [0.1, 0.15) is 5.56 Å². The second kappa shape index (κ2) is 5.61. The Kier molecular flexibility index (Phi) is 4.04. The fourth-order valence-corrected chi connectivity index (χ4v) is 2.98. The number of nitrogen functional groups attached to an aromatic ring is 1. The van der Waals surface area contributed by atoms with Crippen LogP contribution in [0.3, 0.4) is 0 Å². The Morgan fingerprint density at radius 1 is 1.24 bits per heavy atom. The van der Waals surface area contributed by atoms with E-state index in [1.807, 2.05) is 13.0 Å². The normalized spacial score (nSPS) is 11.2. The first-order chi connectivity index (χ1) is 9.83. The first-order valence-electron chi connectivity index (χ1n) is 6.06. The van der Waals surface area contributed by atoms with Gasteiger partial charge in [0.25, 0.3) is 10.0 Å². The standard InChI is InChI=1S/C14H15FN2O3S/c1-9-4-3-5-10(6-9)17-21(18,19)11-7-12(15)14(20-2)13(16)8-11/h3-8,17H,16H2,1-2H3. The number of ether oxygens (including phenoxy) is 1. The molecular formula is C14H15FN2O3S. The summed E-state index contributed by atoms with van der Waals surface area (Å²) in [6.07, 6.45) is 0. The first kappa shape index (κ1) is 15.1. The molecule has 0 amide bonds. The van der Waals surface area contributed by atoms with E-state index in [-0.39, 0.29) is 16.3 Å². The Bertz CT molecular complexity index is 753. The number of hydrogen-bond acceptors (Lipinski definition) is 4. The largest absolute Gasteiger partial charge is 0.492 e. The van der Waals surface area contributed by atoms with Crippen molar-refractivity contribution in [3.8, 4) is 5.75 Å². The van der Waals surface area contributed by atoms with Gasteiger partial charge in [-0.05, 0) is 36.8 Å². The van der Waals surface area contributed by atoms with Gasteiger partial charge < -0.3 is 10.5 Å². The van der Waals surface area contributed by atoms with E-state index in [0.29, 0.717) is 5.69 Å². The molecule has 0 aliphatic heterocycles. The van der Waals surface area contributed by atoms with Crippen molar-refractivity contribution in [1.82, 2.24) is 0 Å². The molecule has 0 saturated heterocycles. The van der Waals surface area contributed by atoms with Crippen LogP contribution in [0.4, 0.5) is 15.8 Å². The summed E-state index contributed by atoms with van der Waals surface area (Å²) in [7, 11) is -2.67. The zero-order valence-corrected chi connectivity index (χ0v) is 12.4. The number of nitrogens with one attached hydrogen (secondary N) is 1. The summed E-state index contributed by atoms with van der Waals surface area (Å²) in [4.78, 5) is -0.264. The average Bonchev–Trinajstić information content (AvgIpc) is 2.37. The lowest BCUT2D eigenvalue weighted by atomic mass is 10.2. The lowest BCUT2D eigenvalue weighted by Gasteiger charge is -2.11. The molecule has 0 spiro atoms. The van der Waals surface area contributed by atoms with Gasteiger partial charge in [0.1, 0.15) is 0 Å². The van der Waals surface area contributed by atoms with Crippen molar-refractivity contribution in [2.45, 2.75) is 11.8 Å². The van der Waals surface area contributed by atoms with Gasteiger partial charge >= 0.3 is 0 Å². The molecule has 0 radical (unpaired) electrons. The molecule has 0 aromatic heterocycles. The zero-order chi connectivity index (χ0) is 15.6. The predicted octanol–water partition coefficient (Wildman–Crippen LogP) is 2.53. The van der Waals surface area contributed by atoms with Gasteiger partial charge in [0, 0.05) is 5.69 Å². The number of benzene rings is 2. The molecule has 0 heterocycles. The third kappa shape index (κ3) is 3.25. The van der Waals surface area contributed by atoms with Crippen LogP contribution >= 0.6 is 0 Å². The molecule has 0 bridgehead atoms. The molecule has 0 atom stereocenters. The van der Waals surface area contributed by atoms with Gasteiger partial charge in [0.05, 0.1) is 17.7 Å². The summed E-state index contributed by atoms with van der Waals surface area (Å²) < 4.78 is 45.4. The van der Waals surface area contributed by atoms with E-state index in [1.54, 1.807) is 18.2 Å². The minimum atomic E-state index is -3.93. The minimum absolute atomic E-state index is 0.0814. The van der Waals surface area contributed by atoms with Crippen molar-refractivity contribution in [2.24, 2.45) is 0 Å². The van der Waals surface area contributed by atoms with Gasteiger partial charge in [-0.3, -0.25) is 4.72 Å². The maximum absolute atomic E-state index is 13.7. The third-order valence-electron chi connectivity index (χ3n) is 2.83. The summed E-state index contributed by atoms with van der Waals surface area (Å²) >= 11 is 0. The number of halogens is 1. The summed E-state index contributed by atoms with van der Waals surface area (Å²) in [5.74, 6) is -1.01. The lowest BCUT2D eigenvalue weighted by molar-refractivity contribution is 0.388. The molecule has 0 aliphatic carbocycles. The highest BCUT2D eigenvalue weighted by Crippen LogP contribution is 2.29. The summed E-state index contributed by atoms with van der Waals surface area (Å²) in [5, 5.41) is 0. The summed E-state index contributed by atoms with van der Waals surface area (Å²) in [6.45, 7) is 1.84. The van der Waals surface area contributed by atoms with E-state index in [2.05, 4.69) is 4.72 Å². The van der Waals surface area contributed by atoms with Crippen LogP contribution in [0.2, 0.25) is 0 Å². The van der Waals surface area contributed by atoms with Crippen molar-refractivity contribution in [3.05, 3.63) is 47.8 Å². The number of hydrogen-bond donors (Lipinski definition) is 2. The van der Waals surface area contributed by atoms with Gasteiger partial charge in [-0.15, -0.1) is 0 Å². The molecule has 112 valence electrons. The van der Waals surface area contributed by atoms with Crippen LogP contribution in [-0.2, 0) is 10.0 Å². The molecule has 2 rings (SSSR count). The highest BCUT2D eigenvalue weighted by atomic mass is 32.2. The average molecular weight is 310 g/mol. The smallest absolute Gasteiger partial charge is 0.262 e. The van der Waals surface area contributed by atoms with Crippen LogP contribution in [0.15, 0.2) is 41.3 Å². The van der Waals surface area contributed by atoms with Crippen LogP contribution < -0.4 is 15.2 Å². The molecule has 0 fully saturated rings. The minimum Gasteiger partial charge on any atom is -0.492 e. The van der Waals surface area contributed by atoms with Gasteiger partial charge in [-0.2, -0.15) is 0 Å². The van der Waals surface area contributed by atoms with Crippen LogP contribution in [0.5, 0.6) is 5.75 Å². The molecular weight excluding hydrogens is 295 g/mol. The fraction of sp³-hybridized carbons (Fsp3) is 0.143. The van der Waals surface area contributed by atoms with E-state index in [0.717, 1.165) is 17.7 Å². The maximum atomic E-state index is 13.7. The molecule has 7 heteroatoms. The molecule has 0 saturated carbocycles. The van der Waals surface area contributed by atoms with Crippen LogP contribution in [0.25, 0.3) is 0 Å². The number of anilines is 2. The van der Waals surface area contributed by atoms with Gasteiger partial charge in [0.2, 0.25) is 0 Å². The Labute approximate surface area is 122 Å². The fourth-order valence-electron chi connectivity index (χ4n) is 1.88. The second-order valence-corrected chi connectivity index (χ2v) is 6.18. The van der Waals surface area contributed by atoms with Crippen molar-refractivity contribution in [1.29, 1.82) is 0 Å². The zero-order valence-electron chi connectivity index (χ0n) is 11.6. The lowest BCUT2D eigenvalue weighted by Crippen LogP contribution is -2.14. The predicted molar refractivity (Wildman–Crippen MR) is 79.4 cm³/mol. The van der Waals surface area contributed by atoms with Crippen LogP contribution in [-0.4, -0.2) is 15.5 Å². The molecule has 5 nitrogen and oxygen atoms in total. The van der Waals surface area contributed by atoms with Crippen molar-refractivity contribution < 1.29 is 17.5 Å².